The Balaban J connectivity index is 2.16. The van der Waals surface area contributed by atoms with Gasteiger partial charge in [0.15, 0.2) is 0 Å². The van der Waals surface area contributed by atoms with Gasteiger partial charge in [0.1, 0.15) is 0 Å². The van der Waals surface area contributed by atoms with E-state index in [4.69, 9.17) is 0 Å². The van der Waals surface area contributed by atoms with Crippen molar-refractivity contribution in [1.82, 2.24) is 0 Å². The predicted octanol–water partition coefficient (Wildman–Crippen LogP) is 8.21. The maximum atomic E-state index is 2.44. The largest absolute Gasteiger partial charge is 0.309 e. The van der Waals surface area contributed by atoms with Crippen molar-refractivity contribution >= 4 is 23.1 Å². The fourth-order valence-electron chi connectivity index (χ4n) is 4.93. The second-order valence-electron chi connectivity index (χ2n) is 10.9. The number of hydrogen-bond donors (Lipinski definition) is 0. The Bertz CT molecular complexity index is 1470. The molecule has 0 aliphatic rings. The number of aryl methyl sites for hydroxylation is 3. The first-order valence-corrected chi connectivity index (χ1v) is 13.6. The molecule has 37 heavy (non-hydrogen) atoms. The molecule has 0 unspecified atom stereocenters. The van der Waals surface area contributed by atoms with Gasteiger partial charge in [0.05, 0.1) is 5.70 Å². The third kappa shape index (κ3) is 5.72. The van der Waals surface area contributed by atoms with Gasteiger partial charge in [-0.25, -0.2) is 0 Å². The summed E-state index contributed by atoms with van der Waals surface area (Å²) in [6.45, 7) is 15.7. The van der Waals surface area contributed by atoms with E-state index in [1.54, 1.807) is 0 Å². The van der Waals surface area contributed by atoms with Crippen LogP contribution in [-0.4, -0.2) is 0 Å². The summed E-state index contributed by atoms with van der Waals surface area (Å²) in [7, 11) is 0. The third-order valence-corrected chi connectivity index (χ3v) is 7.28. The van der Waals surface area contributed by atoms with Gasteiger partial charge in [0, 0.05) is 22.2 Å². The quantitative estimate of drug-likeness (QED) is 0.265. The monoisotopic (exact) mass is 487 g/mol. The zero-order valence-electron chi connectivity index (χ0n) is 23.6. The molecule has 0 N–H and O–H groups in total. The molecule has 0 spiro atoms. The zero-order valence-corrected chi connectivity index (χ0v) is 23.6. The highest BCUT2D eigenvalue weighted by Gasteiger charge is 2.21. The molecule has 0 fully saturated rings. The van der Waals surface area contributed by atoms with Gasteiger partial charge in [-0.1, -0.05) is 101 Å². The highest BCUT2D eigenvalue weighted by atomic mass is 15.1. The fraction of sp³-hybridized carbons (Fsp3) is 0.278. The van der Waals surface area contributed by atoms with E-state index in [0.717, 1.165) is 18.5 Å². The van der Waals surface area contributed by atoms with Gasteiger partial charge >= 0.3 is 0 Å². The van der Waals surface area contributed by atoms with Crippen LogP contribution < -0.4 is 15.3 Å². The molecule has 4 aromatic rings. The number of para-hydroxylation sites is 1. The van der Waals surface area contributed by atoms with Crippen molar-refractivity contribution in [2.45, 2.75) is 66.7 Å². The van der Waals surface area contributed by atoms with E-state index >= 15 is 0 Å². The molecule has 0 amide bonds. The minimum atomic E-state index is 0.100. The van der Waals surface area contributed by atoms with Crippen LogP contribution in [0.4, 0.5) is 11.4 Å². The van der Waals surface area contributed by atoms with Crippen molar-refractivity contribution in [3.8, 4) is 0 Å². The maximum absolute atomic E-state index is 2.44. The lowest BCUT2D eigenvalue weighted by atomic mass is 9.84. The second-order valence-corrected chi connectivity index (χ2v) is 10.9. The minimum absolute atomic E-state index is 0.100. The van der Waals surface area contributed by atoms with Gasteiger partial charge in [-0.3, -0.25) is 0 Å². The Morgan fingerprint density at radius 3 is 1.92 bits per heavy atom. The Morgan fingerprint density at radius 2 is 1.35 bits per heavy atom. The second kappa shape index (κ2) is 11.2. The van der Waals surface area contributed by atoms with Crippen LogP contribution in [0, 0.1) is 6.92 Å². The maximum Gasteiger partial charge on any atom is 0.0615 e. The van der Waals surface area contributed by atoms with Gasteiger partial charge in [-0.05, 0) is 89.9 Å². The van der Waals surface area contributed by atoms with Crippen molar-refractivity contribution < 1.29 is 0 Å². The summed E-state index contributed by atoms with van der Waals surface area (Å²) < 4.78 is 0. The van der Waals surface area contributed by atoms with Gasteiger partial charge in [0.25, 0.3) is 0 Å². The molecule has 4 aromatic carbocycles. The molecule has 0 radical (unpaired) electrons. The van der Waals surface area contributed by atoms with Gasteiger partial charge < -0.3 is 4.90 Å². The summed E-state index contributed by atoms with van der Waals surface area (Å²) in [5, 5.41) is 2.51. The van der Waals surface area contributed by atoms with E-state index < -0.39 is 0 Å². The summed E-state index contributed by atoms with van der Waals surface area (Å²) in [5.74, 6) is 0. The lowest BCUT2D eigenvalue weighted by molar-refractivity contribution is 0.589. The van der Waals surface area contributed by atoms with Crippen molar-refractivity contribution in [3.63, 3.8) is 0 Å². The van der Waals surface area contributed by atoms with E-state index in [0.29, 0.717) is 0 Å². The van der Waals surface area contributed by atoms with Crippen molar-refractivity contribution in [3.05, 3.63) is 129 Å². The Hall–Kier alpha value is -3.58. The standard InChI is InChI=1S/C36H41N/c1-8-27-17-21-32(22-18-27)37(31-14-12-11-13-15-31)35(34-25-28(9-2)16-19-29(34)10-3)33-23-20-30(24-26(33)4)36(5,6)7/h10-25H,8-9H2,1-7H3/b29-10+,35-34+. The Morgan fingerprint density at radius 1 is 0.730 bits per heavy atom. The van der Waals surface area contributed by atoms with Crippen LogP contribution in [0.15, 0.2) is 91.0 Å². The third-order valence-electron chi connectivity index (χ3n) is 7.28. The van der Waals surface area contributed by atoms with E-state index in [-0.39, 0.29) is 5.41 Å². The molecule has 0 aliphatic heterocycles. The van der Waals surface area contributed by atoms with E-state index in [1.165, 1.54) is 49.6 Å². The Kier molecular flexibility index (Phi) is 8.03. The molecule has 0 heterocycles. The highest BCUT2D eigenvalue weighted by molar-refractivity contribution is 5.88. The van der Waals surface area contributed by atoms with Crippen LogP contribution in [0.3, 0.4) is 0 Å². The Labute approximate surface area is 223 Å². The van der Waals surface area contributed by atoms with Crippen LogP contribution in [0.1, 0.15) is 69.4 Å². The van der Waals surface area contributed by atoms with Gasteiger partial charge in [0.2, 0.25) is 0 Å². The molecule has 0 saturated heterocycles. The molecule has 0 saturated carbocycles. The molecule has 0 aromatic heterocycles. The first kappa shape index (κ1) is 26.5. The molecule has 0 atom stereocenters. The first-order valence-electron chi connectivity index (χ1n) is 13.6. The summed E-state index contributed by atoms with van der Waals surface area (Å²) >= 11 is 0. The number of anilines is 2. The molecular weight excluding hydrogens is 446 g/mol. The van der Waals surface area contributed by atoms with Crippen molar-refractivity contribution in [1.29, 1.82) is 0 Å². The summed E-state index contributed by atoms with van der Waals surface area (Å²) in [4.78, 5) is 2.44. The zero-order chi connectivity index (χ0) is 26.6. The molecular formula is C36H41N. The fourth-order valence-corrected chi connectivity index (χ4v) is 4.93. The van der Waals surface area contributed by atoms with E-state index in [9.17, 15) is 0 Å². The van der Waals surface area contributed by atoms with Gasteiger partial charge in [-0.15, -0.1) is 0 Å². The minimum Gasteiger partial charge on any atom is -0.309 e. The van der Waals surface area contributed by atoms with Crippen LogP contribution in [0.5, 0.6) is 0 Å². The molecule has 0 aliphatic carbocycles. The highest BCUT2D eigenvalue weighted by Crippen LogP contribution is 2.35. The van der Waals surface area contributed by atoms with E-state index in [2.05, 4.69) is 150 Å². The summed E-state index contributed by atoms with van der Waals surface area (Å²) in [6, 6.07) is 33.8. The SMILES string of the molecule is C/C=c1\ccc(CC)c\c1=C(\c1ccc(C(C)(C)C)cc1C)N(c1ccccc1)c1ccc(CC)cc1. The van der Waals surface area contributed by atoms with Crippen molar-refractivity contribution in [2.75, 3.05) is 4.90 Å². The molecule has 1 nitrogen and oxygen atoms in total. The molecule has 190 valence electrons. The molecule has 0 bridgehead atoms. The van der Waals surface area contributed by atoms with Crippen LogP contribution >= 0.6 is 0 Å². The number of benzene rings is 4. The average Bonchev–Trinajstić information content (AvgIpc) is 2.91. The number of rotatable bonds is 6. The van der Waals surface area contributed by atoms with Crippen LogP contribution in [0.2, 0.25) is 0 Å². The van der Waals surface area contributed by atoms with Gasteiger partial charge in [-0.2, -0.15) is 0 Å². The molecule has 1 heteroatoms. The summed E-state index contributed by atoms with van der Waals surface area (Å²) in [6.07, 6.45) is 4.27. The smallest absolute Gasteiger partial charge is 0.0615 e. The number of nitrogens with zero attached hydrogens (tertiary/aromatic N) is 1. The molecule has 4 rings (SSSR count). The predicted molar refractivity (Wildman–Crippen MR) is 162 cm³/mol. The first-order chi connectivity index (χ1) is 17.8. The lowest BCUT2D eigenvalue weighted by Crippen LogP contribution is -2.34. The topological polar surface area (TPSA) is 3.24 Å². The van der Waals surface area contributed by atoms with Crippen LogP contribution in [-0.2, 0) is 18.3 Å². The summed E-state index contributed by atoms with van der Waals surface area (Å²) in [5.41, 5.74) is 10.2. The average molecular weight is 488 g/mol. The van der Waals surface area contributed by atoms with E-state index in [1.807, 2.05) is 0 Å². The lowest BCUT2D eigenvalue weighted by Gasteiger charge is -2.30. The normalized spacial score (nSPS) is 13.0. The number of hydrogen-bond acceptors (Lipinski definition) is 1. The van der Waals surface area contributed by atoms with Crippen molar-refractivity contribution in [2.24, 2.45) is 0 Å². The van der Waals surface area contributed by atoms with Crippen LogP contribution in [0.25, 0.3) is 11.8 Å².